The molecule has 1 heterocycles. The summed E-state index contributed by atoms with van der Waals surface area (Å²) in [5.74, 6) is 0.833. The maximum atomic E-state index is 4.13. The van der Waals surface area contributed by atoms with E-state index >= 15 is 0 Å². The van der Waals surface area contributed by atoms with Gasteiger partial charge in [-0.2, -0.15) is 0 Å². The van der Waals surface area contributed by atoms with E-state index in [1.54, 1.807) is 0 Å². The van der Waals surface area contributed by atoms with Crippen LogP contribution in [0, 0.1) is 5.92 Å². The lowest BCUT2D eigenvalue weighted by molar-refractivity contribution is 0.492. The Morgan fingerprint density at radius 3 is 2.00 bits per heavy atom. The molecule has 0 saturated heterocycles. The van der Waals surface area contributed by atoms with Gasteiger partial charge in [0, 0.05) is 6.04 Å². The van der Waals surface area contributed by atoms with Crippen LogP contribution in [0.4, 0.5) is 0 Å². The number of fused-ring (bicyclic) bond motifs is 1. The van der Waals surface area contributed by atoms with Crippen LogP contribution < -0.4 is 0 Å². The molecule has 0 atom stereocenters. The van der Waals surface area contributed by atoms with Crippen molar-refractivity contribution < 1.29 is 0 Å². The maximum absolute atomic E-state index is 4.13. The first kappa shape index (κ1) is 16.1. The van der Waals surface area contributed by atoms with E-state index in [0.717, 1.165) is 12.3 Å². The van der Waals surface area contributed by atoms with Gasteiger partial charge >= 0.3 is 0 Å². The van der Waals surface area contributed by atoms with Gasteiger partial charge in [-0.05, 0) is 39.0 Å². The van der Waals surface area contributed by atoms with Crippen LogP contribution in [0.15, 0.2) is 0 Å². The third kappa shape index (κ3) is 5.33. The highest BCUT2D eigenvalue weighted by molar-refractivity contribution is 5.16. The van der Waals surface area contributed by atoms with Crippen molar-refractivity contribution in [2.45, 2.75) is 73.8 Å². The molecule has 0 aromatic carbocycles. The standard InChI is InChI=1S/C8H13N3.C4H10.C2H6/c1-6(2)11-8-5-3-4-7(8)9-10-11;1-4(2)3;1-2/h6H,3-5H2,1-2H3;4H,1-3H3;1-2H3. The van der Waals surface area contributed by atoms with Gasteiger partial charge < -0.3 is 0 Å². The molecule has 0 fully saturated rings. The summed E-state index contributed by atoms with van der Waals surface area (Å²) in [5.41, 5.74) is 2.58. The quantitative estimate of drug-likeness (QED) is 0.740. The Bertz CT molecular complexity index is 298. The lowest BCUT2D eigenvalue weighted by Gasteiger charge is -2.06. The molecule has 3 heteroatoms. The van der Waals surface area contributed by atoms with Crippen molar-refractivity contribution in [1.29, 1.82) is 0 Å². The second-order valence-corrected chi connectivity index (χ2v) is 5.11. The van der Waals surface area contributed by atoms with E-state index in [4.69, 9.17) is 0 Å². The zero-order valence-electron chi connectivity index (χ0n) is 12.6. The molecule has 1 aliphatic carbocycles. The highest BCUT2D eigenvalue weighted by Crippen LogP contribution is 2.21. The molecule has 17 heavy (non-hydrogen) atoms. The molecule has 0 unspecified atom stereocenters. The van der Waals surface area contributed by atoms with Crippen LogP contribution in [0.2, 0.25) is 0 Å². The smallest absolute Gasteiger partial charge is 0.0859 e. The molecule has 1 aromatic rings. The SMILES string of the molecule is CC.CC(C)C.CC(C)n1nnc2c1CCC2. The van der Waals surface area contributed by atoms with Crippen molar-refractivity contribution in [2.75, 3.05) is 0 Å². The van der Waals surface area contributed by atoms with Gasteiger partial charge in [0.05, 0.1) is 11.4 Å². The third-order valence-corrected chi connectivity index (χ3v) is 2.19. The summed E-state index contributed by atoms with van der Waals surface area (Å²) in [5, 5.41) is 8.23. The van der Waals surface area contributed by atoms with E-state index in [-0.39, 0.29) is 0 Å². The molecular formula is C14H29N3. The van der Waals surface area contributed by atoms with Crippen LogP contribution in [0.5, 0.6) is 0 Å². The van der Waals surface area contributed by atoms with Crippen LogP contribution >= 0.6 is 0 Å². The first-order valence-electron chi connectivity index (χ1n) is 6.95. The van der Waals surface area contributed by atoms with Gasteiger partial charge in [-0.3, -0.25) is 0 Å². The average molecular weight is 239 g/mol. The zero-order valence-corrected chi connectivity index (χ0v) is 12.6. The number of hydrogen-bond donors (Lipinski definition) is 0. The lowest BCUT2D eigenvalue weighted by Crippen LogP contribution is -2.06. The molecular weight excluding hydrogens is 210 g/mol. The Balaban J connectivity index is 0.000000368. The summed E-state index contributed by atoms with van der Waals surface area (Å²) in [6, 6.07) is 0.462. The summed E-state index contributed by atoms with van der Waals surface area (Å²) in [6.45, 7) is 14.8. The number of nitrogens with zero attached hydrogens (tertiary/aromatic N) is 3. The monoisotopic (exact) mass is 239 g/mol. The van der Waals surface area contributed by atoms with E-state index in [2.05, 4.69) is 44.9 Å². The molecule has 1 aromatic heterocycles. The molecule has 0 bridgehead atoms. The van der Waals surface area contributed by atoms with E-state index in [1.165, 1.54) is 24.2 Å². The van der Waals surface area contributed by atoms with Crippen LogP contribution in [0.3, 0.4) is 0 Å². The molecule has 0 amide bonds. The van der Waals surface area contributed by atoms with E-state index < -0.39 is 0 Å². The molecule has 100 valence electrons. The number of aryl methyl sites for hydroxylation is 1. The molecule has 0 spiro atoms. The first-order valence-corrected chi connectivity index (χ1v) is 6.95. The largest absolute Gasteiger partial charge is 0.247 e. The average Bonchev–Trinajstić information content (AvgIpc) is 2.79. The molecule has 0 N–H and O–H groups in total. The van der Waals surface area contributed by atoms with E-state index in [9.17, 15) is 0 Å². The fraction of sp³-hybridized carbons (Fsp3) is 0.857. The molecule has 0 radical (unpaired) electrons. The van der Waals surface area contributed by atoms with Crippen LogP contribution in [0.25, 0.3) is 0 Å². The molecule has 0 saturated carbocycles. The highest BCUT2D eigenvalue weighted by atomic mass is 15.4. The van der Waals surface area contributed by atoms with Crippen molar-refractivity contribution in [3.8, 4) is 0 Å². The fourth-order valence-corrected chi connectivity index (χ4v) is 1.64. The highest BCUT2D eigenvalue weighted by Gasteiger charge is 2.19. The van der Waals surface area contributed by atoms with Gasteiger partial charge in [0.2, 0.25) is 0 Å². The normalized spacial score (nSPS) is 12.8. The van der Waals surface area contributed by atoms with E-state index in [0.29, 0.717) is 6.04 Å². The topological polar surface area (TPSA) is 30.7 Å². The van der Waals surface area contributed by atoms with Crippen molar-refractivity contribution in [2.24, 2.45) is 5.92 Å². The second kappa shape index (κ2) is 8.26. The predicted octanol–water partition coefficient (Wildman–Crippen LogP) is 4.04. The van der Waals surface area contributed by atoms with Crippen molar-refractivity contribution in [3.63, 3.8) is 0 Å². The Hall–Kier alpha value is -0.860. The van der Waals surface area contributed by atoms with Gasteiger partial charge in [-0.25, -0.2) is 4.68 Å². The minimum atomic E-state index is 0.462. The van der Waals surface area contributed by atoms with Gasteiger partial charge in [0.25, 0.3) is 0 Å². The third-order valence-electron chi connectivity index (χ3n) is 2.19. The van der Waals surface area contributed by atoms with Gasteiger partial charge in [0.15, 0.2) is 0 Å². The summed E-state index contributed by atoms with van der Waals surface area (Å²) in [4.78, 5) is 0. The van der Waals surface area contributed by atoms with Crippen LogP contribution in [-0.2, 0) is 12.8 Å². The summed E-state index contributed by atoms with van der Waals surface area (Å²) < 4.78 is 2.04. The Morgan fingerprint density at radius 1 is 1.00 bits per heavy atom. The number of aromatic nitrogens is 3. The minimum absolute atomic E-state index is 0.462. The Labute approximate surface area is 107 Å². The van der Waals surface area contributed by atoms with Gasteiger partial charge in [-0.1, -0.05) is 39.8 Å². The Morgan fingerprint density at radius 2 is 1.53 bits per heavy atom. The minimum Gasteiger partial charge on any atom is -0.247 e. The van der Waals surface area contributed by atoms with Crippen LogP contribution in [-0.4, -0.2) is 15.0 Å². The summed E-state index contributed by atoms with van der Waals surface area (Å²) in [6.07, 6.45) is 3.55. The summed E-state index contributed by atoms with van der Waals surface area (Å²) in [7, 11) is 0. The van der Waals surface area contributed by atoms with Crippen molar-refractivity contribution in [3.05, 3.63) is 11.4 Å². The van der Waals surface area contributed by atoms with Crippen molar-refractivity contribution >= 4 is 0 Å². The molecule has 0 aliphatic heterocycles. The molecule has 2 rings (SSSR count). The molecule has 3 nitrogen and oxygen atoms in total. The van der Waals surface area contributed by atoms with E-state index in [1.807, 2.05) is 18.5 Å². The summed E-state index contributed by atoms with van der Waals surface area (Å²) >= 11 is 0. The first-order chi connectivity index (χ1) is 8.02. The lowest BCUT2D eigenvalue weighted by atomic mass is 10.3. The molecule has 1 aliphatic rings. The van der Waals surface area contributed by atoms with Gasteiger partial charge in [-0.15, -0.1) is 5.10 Å². The predicted molar refractivity (Wildman–Crippen MR) is 74.3 cm³/mol. The number of rotatable bonds is 1. The van der Waals surface area contributed by atoms with Crippen molar-refractivity contribution in [1.82, 2.24) is 15.0 Å². The van der Waals surface area contributed by atoms with Crippen LogP contribution in [0.1, 0.15) is 72.3 Å². The fourth-order valence-electron chi connectivity index (χ4n) is 1.64. The second-order valence-electron chi connectivity index (χ2n) is 5.11. The maximum Gasteiger partial charge on any atom is 0.0859 e. The van der Waals surface area contributed by atoms with Gasteiger partial charge in [0.1, 0.15) is 0 Å². The Kier molecular flexibility index (Phi) is 7.85. The number of hydrogen-bond acceptors (Lipinski definition) is 2. The zero-order chi connectivity index (χ0) is 13.4.